The van der Waals surface area contributed by atoms with Crippen molar-refractivity contribution in [2.24, 2.45) is 4.99 Å². The molecule has 0 amide bonds. The highest BCUT2D eigenvalue weighted by Crippen LogP contribution is 2.31. The first-order chi connectivity index (χ1) is 15.7. The van der Waals surface area contributed by atoms with Gasteiger partial charge in [-0.25, -0.2) is 0 Å². The summed E-state index contributed by atoms with van der Waals surface area (Å²) in [6, 6.07) is 14.5. The van der Waals surface area contributed by atoms with Crippen molar-refractivity contribution < 1.29 is 14.2 Å². The van der Waals surface area contributed by atoms with E-state index in [1.54, 1.807) is 28.4 Å². The maximum atomic E-state index is 5.65. The minimum atomic E-state index is 0.234. The maximum absolute atomic E-state index is 5.65. The lowest BCUT2D eigenvalue weighted by molar-refractivity contribution is 0.239. The van der Waals surface area contributed by atoms with E-state index in [1.165, 1.54) is 24.0 Å². The second-order valence-electron chi connectivity index (χ2n) is 7.82. The van der Waals surface area contributed by atoms with E-state index in [2.05, 4.69) is 38.7 Å². The van der Waals surface area contributed by atoms with Crippen molar-refractivity contribution in [3.8, 4) is 17.2 Å². The number of hydrogen-bond donors (Lipinski definition) is 2. The van der Waals surface area contributed by atoms with E-state index in [0.717, 1.165) is 55.8 Å². The summed E-state index contributed by atoms with van der Waals surface area (Å²) in [7, 11) is 6.85. The summed E-state index contributed by atoms with van der Waals surface area (Å²) in [4.78, 5) is 6.94. The van der Waals surface area contributed by atoms with E-state index >= 15 is 0 Å². The molecule has 7 nitrogen and oxygen atoms in total. The van der Waals surface area contributed by atoms with Crippen molar-refractivity contribution in [3.63, 3.8) is 0 Å². The average Bonchev–Trinajstić information content (AvgIpc) is 3.37. The topological polar surface area (TPSA) is 67.4 Å². The SMILES string of the molecule is CN=C(NCCc1ccc(OC)c(OC)c1)NCC(c1ccccc1OC)N1CCCC1. The van der Waals surface area contributed by atoms with Gasteiger partial charge in [-0.05, 0) is 56.1 Å². The average molecular weight is 441 g/mol. The third kappa shape index (κ3) is 6.07. The van der Waals surface area contributed by atoms with Gasteiger partial charge < -0.3 is 24.8 Å². The molecule has 2 aromatic rings. The molecule has 1 unspecified atom stereocenters. The van der Waals surface area contributed by atoms with Crippen molar-refractivity contribution in [2.45, 2.75) is 25.3 Å². The summed E-state index contributed by atoms with van der Waals surface area (Å²) >= 11 is 0. The molecule has 3 rings (SSSR count). The Bertz CT molecular complexity index is 881. The quantitative estimate of drug-likeness (QED) is 0.437. The normalized spacial score (nSPS) is 15.3. The molecule has 0 aliphatic carbocycles. The molecule has 0 radical (unpaired) electrons. The fourth-order valence-corrected chi connectivity index (χ4v) is 4.21. The predicted octanol–water partition coefficient (Wildman–Crippen LogP) is 3.26. The molecule has 32 heavy (non-hydrogen) atoms. The van der Waals surface area contributed by atoms with Crippen LogP contribution in [0.4, 0.5) is 0 Å². The van der Waals surface area contributed by atoms with Crippen LogP contribution in [0.15, 0.2) is 47.5 Å². The Hall–Kier alpha value is -2.93. The van der Waals surface area contributed by atoms with Gasteiger partial charge in [0.05, 0.1) is 27.4 Å². The van der Waals surface area contributed by atoms with E-state index in [4.69, 9.17) is 14.2 Å². The number of nitrogens with zero attached hydrogens (tertiary/aromatic N) is 2. The zero-order valence-corrected chi connectivity index (χ0v) is 19.7. The second-order valence-corrected chi connectivity index (χ2v) is 7.82. The minimum Gasteiger partial charge on any atom is -0.496 e. The van der Waals surface area contributed by atoms with Gasteiger partial charge >= 0.3 is 0 Å². The number of benzene rings is 2. The molecule has 1 fully saturated rings. The molecule has 1 saturated heterocycles. The van der Waals surface area contributed by atoms with Crippen LogP contribution in [0.2, 0.25) is 0 Å². The van der Waals surface area contributed by atoms with Gasteiger partial charge in [0, 0.05) is 25.7 Å². The molecule has 1 aliphatic heterocycles. The third-order valence-corrected chi connectivity index (χ3v) is 5.92. The zero-order chi connectivity index (χ0) is 22.8. The summed E-state index contributed by atoms with van der Waals surface area (Å²) in [6.45, 7) is 3.74. The van der Waals surface area contributed by atoms with Crippen molar-refractivity contribution in [2.75, 3.05) is 54.6 Å². The number of para-hydroxylation sites is 1. The van der Waals surface area contributed by atoms with Gasteiger partial charge in [0.2, 0.25) is 0 Å². The zero-order valence-electron chi connectivity index (χ0n) is 19.7. The Morgan fingerprint density at radius 2 is 1.66 bits per heavy atom. The maximum Gasteiger partial charge on any atom is 0.191 e. The van der Waals surface area contributed by atoms with Crippen LogP contribution >= 0.6 is 0 Å². The largest absolute Gasteiger partial charge is 0.496 e. The lowest BCUT2D eigenvalue weighted by Crippen LogP contribution is -2.43. The minimum absolute atomic E-state index is 0.234. The predicted molar refractivity (Wildman–Crippen MR) is 129 cm³/mol. The Labute approximate surface area is 191 Å². The van der Waals surface area contributed by atoms with E-state index in [-0.39, 0.29) is 6.04 Å². The first-order valence-corrected chi connectivity index (χ1v) is 11.2. The Morgan fingerprint density at radius 3 is 2.34 bits per heavy atom. The van der Waals surface area contributed by atoms with E-state index in [1.807, 2.05) is 24.3 Å². The van der Waals surface area contributed by atoms with Crippen molar-refractivity contribution in [1.29, 1.82) is 0 Å². The number of aliphatic imine (C=N–C) groups is 1. The number of methoxy groups -OCH3 is 3. The molecule has 0 aromatic heterocycles. The third-order valence-electron chi connectivity index (χ3n) is 5.92. The number of rotatable bonds is 10. The molecular weight excluding hydrogens is 404 g/mol. The van der Waals surface area contributed by atoms with Gasteiger partial charge in [0.25, 0.3) is 0 Å². The summed E-state index contributed by atoms with van der Waals surface area (Å²) in [5.74, 6) is 3.22. The Morgan fingerprint density at radius 1 is 0.938 bits per heavy atom. The van der Waals surface area contributed by atoms with E-state index in [9.17, 15) is 0 Å². The molecule has 2 N–H and O–H groups in total. The number of guanidine groups is 1. The molecule has 174 valence electrons. The highest BCUT2D eigenvalue weighted by atomic mass is 16.5. The summed E-state index contributed by atoms with van der Waals surface area (Å²) in [5, 5.41) is 6.95. The number of hydrogen-bond acceptors (Lipinski definition) is 5. The van der Waals surface area contributed by atoms with Crippen LogP contribution in [0.25, 0.3) is 0 Å². The van der Waals surface area contributed by atoms with E-state index in [0.29, 0.717) is 0 Å². The van der Waals surface area contributed by atoms with Crippen molar-refractivity contribution in [3.05, 3.63) is 53.6 Å². The fraction of sp³-hybridized carbons (Fsp3) is 0.480. The van der Waals surface area contributed by atoms with Crippen LogP contribution in [0.5, 0.6) is 17.2 Å². The molecule has 1 atom stereocenters. The molecule has 1 aliphatic rings. The van der Waals surface area contributed by atoms with E-state index < -0.39 is 0 Å². The monoisotopic (exact) mass is 440 g/mol. The molecule has 0 bridgehead atoms. The van der Waals surface area contributed by atoms with Crippen LogP contribution in [-0.4, -0.2) is 65.4 Å². The molecule has 2 aromatic carbocycles. The number of likely N-dealkylation sites (tertiary alicyclic amines) is 1. The van der Waals surface area contributed by atoms with Crippen LogP contribution in [-0.2, 0) is 6.42 Å². The molecule has 0 spiro atoms. The first kappa shape index (κ1) is 23.7. The van der Waals surface area contributed by atoms with Crippen molar-refractivity contribution in [1.82, 2.24) is 15.5 Å². The lowest BCUT2D eigenvalue weighted by Gasteiger charge is -2.30. The smallest absolute Gasteiger partial charge is 0.191 e. The summed E-state index contributed by atoms with van der Waals surface area (Å²) < 4.78 is 16.4. The van der Waals surface area contributed by atoms with Gasteiger partial charge in [-0.2, -0.15) is 0 Å². The molecule has 0 saturated carbocycles. The van der Waals surface area contributed by atoms with Gasteiger partial charge in [0.15, 0.2) is 17.5 Å². The summed E-state index contributed by atoms with van der Waals surface area (Å²) in [5.41, 5.74) is 2.39. The highest BCUT2D eigenvalue weighted by Gasteiger charge is 2.26. The molecule has 7 heteroatoms. The molecule has 1 heterocycles. The lowest BCUT2D eigenvalue weighted by atomic mass is 10.0. The van der Waals surface area contributed by atoms with Crippen LogP contribution < -0.4 is 24.8 Å². The Kier molecular flexibility index (Phi) is 9.04. The highest BCUT2D eigenvalue weighted by molar-refractivity contribution is 5.79. The Balaban J connectivity index is 1.59. The van der Waals surface area contributed by atoms with Gasteiger partial charge in [0.1, 0.15) is 5.75 Å². The molecular formula is C25H36N4O3. The summed E-state index contributed by atoms with van der Waals surface area (Å²) in [6.07, 6.45) is 3.33. The fourth-order valence-electron chi connectivity index (χ4n) is 4.21. The van der Waals surface area contributed by atoms with Crippen LogP contribution in [0.3, 0.4) is 0 Å². The van der Waals surface area contributed by atoms with Crippen LogP contribution in [0, 0.1) is 0 Å². The number of nitrogens with one attached hydrogen (secondary N) is 2. The van der Waals surface area contributed by atoms with Crippen molar-refractivity contribution >= 4 is 5.96 Å². The van der Waals surface area contributed by atoms with Gasteiger partial charge in [-0.3, -0.25) is 9.89 Å². The first-order valence-electron chi connectivity index (χ1n) is 11.2. The standard InChI is InChI=1S/C25H36N4O3/c1-26-25(27-14-13-19-11-12-23(31-3)24(17-19)32-4)28-18-21(29-15-7-8-16-29)20-9-5-6-10-22(20)30-2/h5-6,9-12,17,21H,7-8,13-16,18H2,1-4H3,(H2,26,27,28). The second kappa shape index (κ2) is 12.2. The van der Waals surface area contributed by atoms with Gasteiger partial charge in [-0.15, -0.1) is 0 Å². The van der Waals surface area contributed by atoms with Gasteiger partial charge in [-0.1, -0.05) is 24.3 Å². The number of ether oxygens (including phenoxy) is 3. The van der Waals surface area contributed by atoms with Crippen LogP contribution in [0.1, 0.15) is 30.0 Å².